The SMILES string of the molecule is CCC(C(=O)O)=C(C(=O)O)C(C)(C(=O)O)C(=O)O. The van der Waals surface area contributed by atoms with Crippen LogP contribution in [0.2, 0.25) is 0 Å². The maximum Gasteiger partial charge on any atom is 0.333 e. The van der Waals surface area contributed by atoms with Gasteiger partial charge in [-0.25, -0.2) is 9.59 Å². The summed E-state index contributed by atoms with van der Waals surface area (Å²) >= 11 is 0. The molecular weight excluding hydrogens is 248 g/mol. The first-order valence-corrected chi connectivity index (χ1v) is 4.77. The van der Waals surface area contributed by atoms with Crippen LogP contribution in [0.4, 0.5) is 0 Å². The van der Waals surface area contributed by atoms with Crippen molar-refractivity contribution < 1.29 is 39.6 Å². The predicted molar refractivity (Wildman–Crippen MR) is 56.0 cm³/mol. The van der Waals surface area contributed by atoms with Crippen LogP contribution in [-0.4, -0.2) is 44.3 Å². The summed E-state index contributed by atoms with van der Waals surface area (Å²) < 4.78 is 0. The molecule has 0 saturated heterocycles. The third-order valence-corrected chi connectivity index (χ3v) is 2.48. The van der Waals surface area contributed by atoms with Crippen molar-refractivity contribution >= 4 is 23.9 Å². The number of carboxylic acids is 4. The number of carboxylic acid groups (broad SMARTS) is 4. The molecule has 0 aromatic carbocycles. The molecule has 0 unspecified atom stereocenters. The summed E-state index contributed by atoms with van der Waals surface area (Å²) in [5.74, 6) is -7.44. The van der Waals surface area contributed by atoms with Gasteiger partial charge in [0.25, 0.3) is 0 Å². The van der Waals surface area contributed by atoms with E-state index in [4.69, 9.17) is 20.4 Å². The standard InChI is InChI=1S/C10H12O8/c1-3-4(6(11)12)5(7(13)14)10(2,8(15)16)9(17)18/h3H2,1-2H3,(H,11,12)(H,13,14)(H,15,16)(H,17,18). The lowest BCUT2D eigenvalue weighted by atomic mass is 9.78. The van der Waals surface area contributed by atoms with Crippen molar-refractivity contribution in [3.63, 3.8) is 0 Å². The Kier molecular flexibility index (Phi) is 4.60. The highest BCUT2D eigenvalue weighted by atomic mass is 16.4. The van der Waals surface area contributed by atoms with Gasteiger partial charge in [-0.1, -0.05) is 6.92 Å². The maximum atomic E-state index is 11.0. The first kappa shape index (κ1) is 15.6. The first-order valence-electron chi connectivity index (χ1n) is 4.77. The van der Waals surface area contributed by atoms with E-state index in [2.05, 4.69) is 0 Å². The van der Waals surface area contributed by atoms with E-state index in [-0.39, 0.29) is 6.42 Å². The first-order chi connectivity index (χ1) is 8.10. The van der Waals surface area contributed by atoms with Crippen molar-refractivity contribution in [2.24, 2.45) is 5.41 Å². The van der Waals surface area contributed by atoms with Gasteiger partial charge in [0, 0.05) is 5.57 Å². The molecule has 8 heteroatoms. The Bertz CT molecular complexity index is 431. The highest BCUT2D eigenvalue weighted by molar-refractivity contribution is 6.13. The molecule has 0 radical (unpaired) electrons. The highest BCUT2D eigenvalue weighted by Crippen LogP contribution is 2.32. The van der Waals surface area contributed by atoms with E-state index in [9.17, 15) is 19.2 Å². The molecule has 0 fully saturated rings. The van der Waals surface area contributed by atoms with E-state index < -0.39 is 40.4 Å². The summed E-state index contributed by atoms with van der Waals surface area (Å²) in [5, 5.41) is 35.5. The van der Waals surface area contributed by atoms with E-state index in [1.807, 2.05) is 0 Å². The Labute approximate surface area is 101 Å². The van der Waals surface area contributed by atoms with Gasteiger partial charge < -0.3 is 20.4 Å². The number of hydrogen-bond acceptors (Lipinski definition) is 4. The molecule has 100 valence electrons. The zero-order valence-corrected chi connectivity index (χ0v) is 9.63. The molecule has 0 aliphatic rings. The normalized spacial score (nSPS) is 12.6. The fourth-order valence-electron chi connectivity index (χ4n) is 1.38. The van der Waals surface area contributed by atoms with Gasteiger partial charge in [-0.2, -0.15) is 0 Å². The minimum absolute atomic E-state index is 0.312. The van der Waals surface area contributed by atoms with E-state index in [0.717, 1.165) is 0 Å². The van der Waals surface area contributed by atoms with Crippen LogP contribution in [0.25, 0.3) is 0 Å². The minimum Gasteiger partial charge on any atom is -0.480 e. The third-order valence-electron chi connectivity index (χ3n) is 2.48. The molecular formula is C10H12O8. The van der Waals surface area contributed by atoms with Crippen molar-refractivity contribution in [1.82, 2.24) is 0 Å². The predicted octanol–water partition coefficient (Wildman–Crippen LogP) is 0.0377. The van der Waals surface area contributed by atoms with Crippen LogP contribution in [0.3, 0.4) is 0 Å². The quantitative estimate of drug-likeness (QED) is 0.386. The Morgan fingerprint density at radius 2 is 1.28 bits per heavy atom. The summed E-state index contributed by atoms with van der Waals surface area (Å²) in [6.07, 6.45) is -0.312. The average Bonchev–Trinajstić information content (AvgIpc) is 2.22. The van der Waals surface area contributed by atoms with Gasteiger partial charge in [-0.05, 0) is 13.3 Å². The molecule has 0 bridgehead atoms. The van der Waals surface area contributed by atoms with Crippen LogP contribution in [0.15, 0.2) is 11.1 Å². The minimum atomic E-state index is -2.82. The molecule has 0 atom stereocenters. The van der Waals surface area contributed by atoms with Crippen molar-refractivity contribution in [3.05, 3.63) is 11.1 Å². The number of rotatable bonds is 6. The highest BCUT2D eigenvalue weighted by Gasteiger charge is 2.50. The molecule has 0 aliphatic heterocycles. The van der Waals surface area contributed by atoms with Gasteiger partial charge in [-0.15, -0.1) is 0 Å². The van der Waals surface area contributed by atoms with E-state index >= 15 is 0 Å². The summed E-state index contributed by atoms with van der Waals surface area (Å²) in [4.78, 5) is 43.8. The van der Waals surface area contributed by atoms with Gasteiger partial charge in [0.05, 0.1) is 5.57 Å². The third kappa shape index (κ3) is 2.47. The van der Waals surface area contributed by atoms with Crippen LogP contribution >= 0.6 is 0 Å². The zero-order valence-electron chi connectivity index (χ0n) is 9.63. The molecule has 0 rings (SSSR count). The molecule has 0 aromatic heterocycles. The summed E-state index contributed by atoms with van der Waals surface area (Å²) in [5.41, 5.74) is -4.73. The van der Waals surface area contributed by atoms with E-state index in [1.165, 1.54) is 6.92 Å². The average molecular weight is 260 g/mol. The fourth-order valence-corrected chi connectivity index (χ4v) is 1.38. The van der Waals surface area contributed by atoms with Crippen molar-refractivity contribution in [3.8, 4) is 0 Å². The molecule has 8 nitrogen and oxygen atoms in total. The van der Waals surface area contributed by atoms with E-state index in [1.54, 1.807) is 0 Å². The molecule has 0 aromatic rings. The van der Waals surface area contributed by atoms with Gasteiger partial charge >= 0.3 is 23.9 Å². The Hall–Kier alpha value is -2.38. The number of hydrogen-bond donors (Lipinski definition) is 4. The summed E-state index contributed by atoms with van der Waals surface area (Å²) in [6, 6.07) is 0. The number of aliphatic carboxylic acids is 4. The second-order valence-corrected chi connectivity index (χ2v) is 3.55. The Morgan fingerprint density at radius 1 is 0.889 bits per heavy atom. The smallest absolute Gasteiger partial charge is 0.333 e. The summed E-state index contributed by atoms with van der Waals surface area (Å²) in [6.45, 7) is 1.93. The molecule has 0 heterocycles. The van der Waals surface area contributed by atoms with Gasteiger partial charge in [0.1, 0.15) is 0 Å². The molecule has 4 N–H and O–H groups in total. The molecule has 18 heavy (non-hydrogen) atoms. The van der Waals surface area contributed by atoms with Crippen LogP contribution in [-0.2, 0) is 19.2 Å². The lowest BCUT2D eigenvalue weighted by Crippen LogP contribution is -2.42. The molecule has 0 saturated carbocycles. The van der Waals surface area contributed by atoms with Crippen molar-refractivity contribution in [2.75, 3.05) is 0 Å². The largest absolute Gasteiger partial charge is 0.480 e. The lowest BCUT2D eigenvalue weighted by molar-refractivity contribution is -0.162. The van der Waals surface area contributed by atoms with Gasteiger partial charge in [0.15, 0.2) is 5.41 Å². The maximum absolute atomic E-state index is 11.0. The fraction of sp³-hybridized carbons (Fsp3) is 0.400. The zero-order chi connectivity index (χ0) is 14.7. The summed E-state index contributed by atoms with van der Waals surface area (Å²) in [7, 11) is 0. The van der Waals surface area contributed by atoms with Gasteiger partial charge in [-0.3, -0.25) is 9.59 Å². The lowest BCUT2D eigenvalue weighted by Gasteiger charge is -2.22. The monoisotopic (exact) mass is 260 g/mol. The van der Waals surface area contributed by atoms with Crippen LogP contribution in [0.1, 0.15) is 20.3 Å². The van der Waals surface area contributed by atoms with Crippen LogP contribution in [0, 0.1) is 5.41 Å². The second-order valence-electron chi connectivity index (χ2n) is 3.55. The Balaban J connectivity index is 6.38. The molecule has 0 amide bonds. The topological polar surface area (TPSA) is 149 Å². The van der Waals surface area contributed by atoms with Gasteiger partial charge in [0.2, 0.25) is 0 Å². The Morgan fingerprint density at radius 3 is 1.44 bits per heavy atom. The second kappa shape index (κ2) is 5.30. The van der Waals surface area contributed by atoms with Crippen molar-refractivity contribution in [1.29, 1.82) is 0 Å². The van der Waals surface area contributed by atoms with E-state index in [0.29, 0.717) is 6.92 Å². The van der Waals surface area contributed by atoms with Crippen LogP contribution < -0.4 is 0 Å². The number of carbonyl (C=O) groups is 4. The van der Waals surface area contributed by atoms with Crippen molar-refractivity contribution in [2.45, 2.75) is 20.3 Å². The molecule has 0 aliphatic carbocycles. The molecule has 0 spiro atoms. The van der Waals surface area contributed by atoms with Crippen LogP contribution in [0.5, 0.6) is 0 Å².